The van der Waals surface area contributed by atoms with Crippen LogP contribution in [0.3, 0.4) is 0 Å². The minimum Gasteiger partial charge on any atom is -1.00 e. The van der Waals surface area contributed by atoms with E-state index in [4.69, 9.17) is 5.26 Å². The summed E-state index contributed by atoms with van der Waals surface area (Å²) < 4.78 is 1.01. The summed E-state index contributed by atoms with van der Waals surface area (Å²) in [4.78, 5) is 0. The minimum atomic E-state index is -0.626. The van der Waals surface area contributed by atoms with Crippen LogP contribution < -0.4 is 17.0 Å². The highest BCUT2D eigenvalue weighted by Crippen LogP contribution is 2.59. The molecule has 4 heteroatoms. The van der Waals surface area contributed by atoms with Gasteiger partial charge >= 0.3 is 0 Å². The molecule has 27 heavy (non-hydrogen) atoms. The van der Waals surface area contributed by atoms with Gasteiger partial charge in [0.05, 0.1) is 50.2 Å². The third kappa shape index (κ3) is 2.89. The van der Waals surface area contributed by atoms with Gasteiger partial charge in [0.15, 0.2) is 0 Å². The molecule has 2 aliphatic rings. The fraction of sp³-hybridized carbons (Fsp3) is 0.391. The Morgan fingerprint density at radius 1 is 0.889 bits per heavy atom. The highest BCUT2D eigenvalue weighted by Gasteiger charge is 2.66. The van der Waals surface area contributed by atoms with Crippen molar-refractivity contribution in [2.45, 2.75) is 24.7 Å². The van der Waals surface area contributed by atoms with E-state index < -0.39 is 5.41 Å². The maximum Gasteiger partial charge on any atom is 0.118 e. The van der Waals surface area contributed by atoms with Crippen LogP contribution in [0.4, 0.5) is 0 Å². The molecular formula is C23H24BrN3. The number of rotatable bonds is 5. The third-order valence-electron chi connectivity index (χ3n) is 6.84. The molecule has 0 aliphatic carbocycles. The Balaban J connectivity index is 0.00000210. The summed E-state index contributed by atoms with van der Waals surface area (Å²) >= 11 is 0. The highest BCUT2D eigenvalue weighted by molar-refractivity contribution is 5.49. The number of benzene rings is 2. The van der Waals surface area contributed by atoms with Crippen LogP contribution in [-0.2, 0) is 5.41 Å². The molecule has 138 valence electrons. The molecule has 4 rings (SSSR count). The topological polar surface area (TPSA) is 47.6 Å². The maximum absolute atomic E-state index is 10.6. The number of nitriles is 2. The van der Waals surface area contributed by atoms with Crippen molar-refractivity contribution in [1.29, 1.82) is 10.5 Å². The summed E-state index contributed by atoms with van der Waals surface area (Å²) in [6.45, 7) is 4.10. The first-order chi connectivity index (χ1) is 12.7. The average molecular weight is 422 g/mol. The summed E-state index contributed by atoms with van der Waals surface area (Å²) in [7, 11) is 0. The molecule has 0 spiro atoms. The smallest absolute Gasteiger partial charge is 0.118 e. The molecule has 2 saturated heterocycles. The molecule has 2 aliphatic heterocycles. The first kappa shape index (κ1) is 19.6. The molecular weight excluding hydrogens is 398 g/mol. The Morgan fingerprint density at radius 3 is 1.85 bits per heavy atom. The number of quaternary nitrogens is 1. The third-order valence-corrected chi connectivity index (χ3v) is 6.84. The molecule has 0 N–H and O–H groups in total. The van der Waals surface area contributed by atoms with Crippen molar-refractivity contribution in [1.82, 2.24) is 0 Å². The standard InChI is InChI=1S/C23H24N3.BrH/c24-14-7-15-26-16-12-22(19-26,13-17-26)23(18-25,20-8-3-1-4-9-20)21-10-5-2-6-11-21;/h1-6,8-11H,7,12-13,15-17,19H2;1H/q+1;/p-1. The van der Waals surface area contributed by atoms with E-state index in [0.29, 0.717) is 6.42 Å². The fourth-order valence-corrected chi connectivity index (χ4v) is 5.58. The normalized spacial score (nSPS) is 26.0. The van der Waals surface area contributed by atoms with E-state index in [2.05, 4.69) is 36.4 Å². The number of halogens is 1. The molecule has 2 fully saturated rings. The van der Waals surface area contributed by atoms with Gasteiger partial charge in [-0.2, -0.15) is 10.5 Å². The number of nitrogens with zero attached hydrogens (tertiary/aromatic N) is 3. The van der Waals surface area contributed by atoms with Crippen LogP contribution in [0.25, 0.3) is 0 Å². The zero-order valence-electron chi connectivity index (χ0n) is 15.4. The molecule has 0 radical (unpaired) electrons. The number of fused-ring (bicyclic) bond motifs is 2. The van der Waals surface area contributed by atoms with Gasteiger partial charge in [-0.05, 0) is 11.1 Å². The van der Waals surface area contributed by atoms with Gasteiger partial charge in [-0.25, -0.2) is 0 Å². The largest absolute Gasteiger partial charge is 1.00 e. The van der Waals surface area contributed by atoms with Crippen molar-refractivity contribution in [3.8, 4) is 12.1 Å². The molecule has 0 saturated carbocycles. The Bertz CT molecular complexity index is 816. The average Bonchev–Trinajstić information content (AvgIpc) is 3.27. The van der Waals surface area contributed by atoms with Gasteiger partial charge in [-0.3, -0.25) is 0 Å². The first-order valence-corrected chi connectivity index (χ1v) is 9.45. The lowest BCUT2D eigenvalue weighted by molar-refractivity contribution is -0.909. The quantitative estimate of drug-likeness (QED) is 0.676. The summed E-state index contributed by atoms with van der Waals surface area (Å²) in [5.74, 6) is 0. The van der Waals surface area contributed by atoms with E-state index in [-0.39, 0.29) is 22.4 Å². The van der Waals surface area contributed by atoms with Gasteiger partial charge in [0.2, 0.25) is 0 Å². The van der Waals surface area contributed by atoms with Crippen LogP contribution in [0.5, 0.6) is 0 Å². The van der Waals surface area contributed by atoms with Crippen molar-refractivity contribution in [3.05, 3.63) is 71.8 Å². The van der Waals surface area contributed by atoms with Crippen molar-refractivity contribution >= 4 is 0 Å². The summed E-state index contributed by atoms with van der Waals surface area (Å²) in [5, 5.41) is 19.7. The Labute approximate surface area is 172 Å². The van der Waals surface area contributed by atoms with Crippen molar-refractivity contribution in [2.24, 2.45) is 5.41 Å². The molecule has 2 aromatic rings. The molecule has 0 unspecified atom stereocenters. The first-order valence-electron chi connectivity index (χ1n) is 9.45. The number of piperidine rings is 1. The van der Waals surface area contributed by atoms with Gasteiger partial charge in [-0.1, -0.05) is 60.7 Å². The molecule has 2 bridgehead atoms. The van der Waals surface area contributed by atoms with E-state index in [1.165, 1.54) is 0 Å². The van der Waals surface area contributed by atoms with Gasteiger partial charge in [0, 0.05) is 12.8 Å². The van der Waals surface area contributed by atoms with Crippen LogP contribution in [-0.4, -0.2) is 30.7 Å². The second-order valence-electron chi connectivity index (χ2n) is 7.95. The predicted octanol–water partition coefficient (Wildman–Crippen LogP) is 1.02. The summed E-state index contributed by atoms with van der Waals surface area (Å²) in [6, 6.07) is 25.8. The zero-order chi connectivity index (χ0) is 18.1. The van der Waals surface area contributed by atoms with Crippen molar-refractivity contribution in [2.75, 3.05) is 26.2 Å². The van der Waals surface area contributed by atoms with E-state index in [9.17, 15) is 5.26 Å². The Kier molecular flexibility index (Phi) is 5.43. The molecule has 0 amide bonds. The van der Waals surface area contributed by atoms with Crippen LogP contribution in [0.2, 0.25) is 0 Å². The highest BCUT2D eigenvalue weighted by atomic mass is 79.9. The van der Waals surface area contributed by atoms with E-state index in [1.54, 1.807) is 0 Å². The van der Waals surface area contributed by atoms with Gasteiger partial charge in [0.25, 0.3) is 0 Å². The monoisotopic (exact) mass is 421 g/mol. The summed E-state index contributed by atoms with van der Waals surface area (Å²) in [6.07, 6.45) is 2.71. The van der Waals surface area contributed by atoms with Crippen LogP contribution >= 0.6 is 0 Å². The zero-order valence-corrected chi connectivity index (χ0v) is 17.0. The molecule has 3 nitrogen and oxygen atoms in total. The van der Waals surface area contributed by atoms with Gasteiger partial charge < -0.3 is 21.5 Å². The van der Waals surface area contributed by atoms with Crippen LogP contribution in [0, 0.1) is 28.1 Å². The molecule has 2 aromatic carbocycles. The van der Waals surface area contributed by atoms with Gasteiger partial charge in [-0.15, -0.1) is 0 Å². The van der Waals surface area contributed by atoms with E-state index in [1.807, 2.05) is 36.4 Å². The van der Waals surface area contributed by atoms with Gasteiger partial charge in [0.1, 0.15) is 5.41 Å². The predicted molar refractivity (Wildman–Crippen MR) is 101 cm³/mol. The lowest BCUT2D eigenvalue weighted by Crippen LogP contribution is -3.00. The SMILES string of the molecule is N#CCC[N+]12CCC(C(C#N)(c3ccccc3)c3ccccc3)(CC1)C2.[Br-]. The lowest BCUT2D eigenvalue weighted by atomic mass is 9.56. The number of hydrogen-bond donors (Lipinski definition) is 0. The van der Waals surface area contributed by atoms with E-state index in [0.717, 1.165) is 54.6 Å². The fourth-order valence-electron chi connectivity index (χ4n) is 5.58. The van der Waals surface area contributed by atoms with Crippen molar-refractivity contribution < 1.29 is 21.5 Å². The molecule has 0 atom stereocenters. The number of hydrogen-bond acceptors (Lipinski definition) is 2. The second kappa shape index (κ2) is 7.47. The minimum absolute atomic E-state index is 0. The second-order valence-corrected chi connectivity index (χ2v) is 7.95. The molecule has 2 heterocycles. The van der Waals surface area contributed by atoms with E-state index >= 15 is 0 Å². The Morgan fingerprint density at radius 2 is 1.41 bits per heavy atom. The van der Waals surface area contributed by atoms with Crippen LogP contribution in [0.1, 0.15) is 30.4 Å². The Hall–Kier alpha value is -2.14. The van der Waals surface area contributed by atoms with Crippen LogP contribution in [0.15, 0.2) is 60.7 Å². The maximum atomic E-state index is 10.6. The molecule has 0 aromatic heterocycles. The lowest BCUT2D eigenvalue weighted by Gasteiger charge is -2.41. The van der Waals surface area contributed by atoms with Crippen molar-refractivity contribution in [3.63, 3.8) is 0 Å². The summed E-state index contributed by atoms with van der Waals surface area (Å²) in [5.41, 5.74) is 1.53.